The van der Waals surface area contributed by atoms with Crippen molar-refractivity contribution in [3.8, 4) is 11.5 Å². The largest absolute Gasteiger partial charge is 0.493 e. The molecule has 0 heterocycles. The van der Waals surface area contributed by atoms with Crippen LogP contribution >= 0.6 is 0 Å². The van der Waals surface area contributed by atoms with E-state index in [9.17, 15) is 4.79 Å². The van der Waals surface area contributed by atoms with Gasteiger partial charge in [-0.1, -0.05) is 13.0 Å². The van der Waals surface area contributed by atoms with E-state index in [0.717, 1.165) is 12.0 Å². The Labute approximate surface area is 102 Å². The minimum atomic E-state index is 0.281. The quantitative estimate of drug-likeness (QED) is 0.785. The zero-order valence-electron chi connectivity index (χ0n) is 10.5. The lowest BCUT2D eigenvalue weighted by Gasteiger charge is -2.09. The van der Waals surface area contributed by atoms with E-state index >= 15 is 0 Å². The van der Waals surface area contributed by atoms with Crippen LogP contribution in [0, 0.1) is 11.8 Å². The molecule has 0 spiro atoms. The van der Waals surface area contributed by atoms with Crippen molar-refractivity contribution in [1.82, 2.24) is 0 Å². The van der Waals surface area contributed by atoms with Gasteiger partial charge in [0.2, 0.25) is 0 Å². The van der Waals surface area contributed by atoms with Gasteiger partial charge in [0.15, 0.2) is 11.5 Å². The minimum Gasteiger partial charge on any atom is -0.493 e. The molecule has 1 aromatic carbocycles. The number of methoxy groups -OCH3 is 2. The van der Waals surface area contributed by atoms with Crippen molar-refractivity contribution in [2.45, 2.75) is 19.8 Å². The number of ketones is 1. The van der Waals surface area contributed by atoms with Gasteiger partial charge in [0.25, 0.3) is 0 Å². The van der Waals surface area contributed by atoms with Crippen molar-refractivity contribution < 1.29 is 14.3 Å². The van der Waals surface area contributed by atoms with Gasteiger partial charge in [-0.2, -0.15) is 0 Å². The topological polar surface area (TPSA) is 35.5 Å². The number of carbonyl (C=O) groups is 1. The van der Waals surface area contributed by atoms with E-state index in [1.54, 1.807) is 14.2 Å². The Morgan fingerprint density at radius 1 is 1.29 bits per heavy atom. The molecule has 1 aliphatic carbocycles. The Morgan fingerprint density at radius 3 is 2.47 bits per heavy atom. The van der Waals surface area contributed by atoms with Crippen LogP contribution in [0.1, 0.15) is 18.9 Å². The van der Waals surface area contributed by atoms with E-state index in [2.05, 4.69) is 6.92 Å². The van der Waals surface area contributed by atoms with E-state index < -0.39 is 0 Å². The first-order valence-corrected chi connectivity index (χ1v) is 5.89. The molecule has 3 heteroatoms. The number of ether oxygens (including phenoxy) is 2. The molecule has 1 fully saturated rings. The summed E-state index contributed by atoms with van der Waals surface area (Å²) in [6, 6.07) is 5.65. The van der Waals surface area contributed by atoms with E-state index in [4.69, 9.17) is 9.47 Å². The molecule has 0 bridgehead atoms. The molecule has 0 saturated heterocycles. The van der Waals surface area contributed by atoms with Crippen molar-refractivity contribution in [3.05, 3.63) is 23.8 Å². The Kier molecular flexibility index (Phi) is 3.36. The molecule has 2 atom stereocenters. The smallest absolute Gasteiger partial charge is 0.161 e. The molecule has 3 nitrogen and oxygen atoms in total. The van der Waals surface area contributed by atoms with Gasteiger partial charge in [-0.3, -0.25) is 4.79 Å². The molecule has 17 heavy (non-hydrogen) atoms. The maximum Gasteiger partial charge on any atom is 0.161 e. The monoisotopic (exact) mass is 234 g/mol. The highest BCUT2D eigenvalue weighted by molar-refractivity contribution is 5.85. The summed E-state index contributed by atoms with van der Waals surface area (Å²) in [6.45, 7) is 2.12. The van der Waals surface area contributed by atoms with Gasteiger partial charge in [0.05, 0.1) is 14.2 Å². The summed E-state index contributed by atoms with van der Waals surface area (Å²) in [5, 5.41) is 0. The molecule has 1 aromatic rings. The number of hydrogen-bond donors (Lipinski definition) is 0. The van der Waals surface area contributed by atoms with Crippen LogP contribution in [-0.2, 0) is 11.2 Å². The highest BCUT2D eigenvalue weighted by atomic mass is 16.5. The van der Waals surface area contributed by atoms with Crippen molar-refractivity contribution in [2.75, 3.05) is 14.2 Å². The Bertz CT molecular complexity index is 425. The van der Waals surface area contributed by atoms with Crippen LogP contribution < -0.4 is 9.47 Å². The third kappa shape index (κ3) is 2.60. The number of benzene rings is 1. The van der Waals surface area contributed by atoms with Crippen LogP contribution in [0.15, 0.2) is 18.2 Å². The Morgan fingerprint density at radius 2 is 1.94 bits per heavy atom. The van der Waals surface area contributed by atoms with Crippen molar-refractivity contribution >= 4 is 5.78 Å². The molecule has 2 rings (SSSR count). The van der Waals surface area contributed by atoms with Gasteiger partial charge in [-0.15, -0.1) is 0 Å². The first-order chi connectivity index (χ1) is 8.15. The van der Waals surface area contributed by atoms with Crippen molar-refractivity contribution in [3.63, 3.8) is 0 Å². The fourth-order valence-corrected chi connectivity index (χ4v) is 2.09. The molecule has 2 unspecified atom stereocenters. The highest BCUT2D eigenvalue weighted by Gasteiger charge is 2.38. The van der Waals surface area contributed by atoms with Crippen molar-refractivity contribution in [1.29, 1.82) is 0 Å². The lowest BCUT2D eigenvalue weighted by Crippen LogP contribution is -2.06. The third-order valence-corrected chi connectivity index (χ3v) is 3.35. The molecule has 92 valence electrons. The zero-order chi connectivity index (χ0) is 12.4. The molecular formula is C14H18O3. The summed E-state index contributed by atoms with van der Waals surface area (Å²) < 4.78 is 10.4. The van der Waals surface area contributed by atoms with Crippen LogP contribution in [0.2, 0.25) is 0 Å². The SMILES string of the molecule is COc1ccc(CC(=O)C2CC2C)cc1OC. The number of hydrogen-bond acceptors (Lipinski definition) is 3. The fourth-order valence-electron chi connectivity index (χ4n) is 2.09. The summed E-state index contributed by atoms with van der Waals surface area (Å²) in [5.74, 6) is 2.57. The van der Waals surface area contributed by atoms with E-state index in [1.165, 1.54) is 0 Å². The predicted octanol–water partition coefficient (Wildman–Crippen LogP) is 2.47. The minimum absolute atomic E-state index is 0.281. The first kappa shape index (κ1) is 12.0. The highest BCUT2D eigenvalue weighted by Crippen LogP contribution is 2.39. The molecule has 1 saturated carbocycles. The summed E-state index contributed by atoms with van der Waals surface area (Å²) >= 11 is 0. The van der Waals surface area contributed by atoms with Crippen molar-refractivity contribution in [2.24, 2.45) is 11.8 Å². The molecule has 1 aliphatic rings. The van der Waals surface area contributed by atoms with Crippen LogP contribution in [-0.4, -0.2) is 20.0 Å². The average molecular weight is 234 g/mol. The molecule has 0 N–H and O–H groups in total. The predicted molar refractivity (Wildman–Crippen MR) is 65.5 cm³/mol. The van der Waals surface area contributed by atoms with Crippen LogP contribution in [0.3, 0.4) is 0 Å². The second-order valence-corrected chi connectivity index (χ2v) is 4.65. The summed E-state index contributed by atoms with van der Waals surface area (Å²) in [4.78, 5) is 11.9. The third-order valence-electron chi connectivity index (χ3n) is 3.35. The summed E-state index contributed by atoms with van der Waals surface area (Å²) in [6.07, 6.45) is 1.54. The lowest BCUT2D eigenvalue weighted by atomic mass is 10.0. The van der Waals surface area contributed by atoms with Gasteiger partial charge in [-0.25, -0.2) is 0 Å². The Balaban J connectivity index is 2.08. The van der Waals surface area contributed by atoms with Crippen LogP contribution in [0.25, 0.3) is 0 Å². The molecule has 0 radical (unpaired) electrons. The van der Waals surface area contributed by atoms with Crippen LogP contribution in [0.4, 0.5) is 0 Å². The normalized spacial score (nSPS) is 22.1. The van der Waals surface area contributed by atoms with E-state index in [0.29, 0.717) is 29.6 Å². The van der Waals surface area contributed by atoms with Gasteiger partial charge < -0.3 is 9.47 Å². The maximum atomic E-state index is 11.9. The molecule has 0 aliphatic heterocycles. The number of rotatable bonds is 5. The first-order valence-electron chi connectivity index (χ1n) is 5.89. The number of Topliss-reactive ketones (excluding diaryl/α,β-unsaturated/α-hetero) is 1. The number of carbonyl (C=O) groups excluding carboxylic acids is 1. The average Bonchev–Trinajstić information content (AvgIpc) is 3.06. The zero-order valence-corrected chi connectivity index (χ0v) is 10.5. The summed E-state index contributed by atoms with van der Waals surface area (Å²) in [7, 11) is 3.21. The van der Waals surface area contributed by atoms with E-state index in [1.807, 2.05) is 18.2 Å². The van der Waals surface area contributed by atoms with Gasteiger partial charge in [-0.05, 0) is 30.0 Å². The fraction of sp³-hybridized carbons (Fsp3) is 0.500. The Hall–Kier alpha value is -1.51. The lowest BCUT2D eigenvalue weighted by molar-refractivity contribution is -0.119. The van der Waals surface area contributed by atoms with Crippen LogP contribution in [0.5, 0.6) is 11.5 Å². The second kappa shape index (κ2) is 4.78. The van der Waals surface area contributed by atoms with E-state index in [-0.39, 0.29) is 5.92 Å². The molecular weight excluding hydrogens is 216 g/mol. The second-order valence-electron chi connectivity index (χ2n) is 4.65. The summed E-state index contributed by atoms with van der Waals surface area (Å²) in [5.41, 5.74) is 0.992. The standard InChI is InChI=1S/C14H18O3/c1-9-6-11(9)12(15)7-10-4-5-13(16-2)14(8-10)17-3/h4-5,8-9,11H,6-7H2,1-3H3. The van der Waals surface area contributed by atoms with Gasteiger partial charge >= 0.3 is 0 Å². The van der Waals surface area contributed by atoms with Gasteiger partial charge in [0, 0.05) is 12.3 Å². The maximum absolute atomic E-state index is 11.9. The van der Waals surface area contributed by atoms with Gasteiger partial charge in [0.1, 0.15) is 5.78 Å². The molecule has 0 amide bonds. The molecule has 0 aromatic heterocycles.